The average molecular weight is 351 g/mol. The zero-order valence-electron chi connectivity index (χ0n) is 13.7. The number of rotatable bonds is 4. The van der Waals surface area contributed by atoms with E-state index >= 15 is 0 Å². The van der Waals surface area contributed by atoms with E-state index in [1.165, 1.54) is 5.54 Å². The second-order valence-corrected chi connectivity index (χ2v) is 5.68. The van der Waals surface area contributed by atoms with E-state index in [1.807, 2.05) is 37.3 Å². The van der Waals surface area contributed by atoms with Gasteiger partial charge in [-0.3, -0.25) is 4.98 Å². The first-order valence-electron chi connectivity index (χ1n) is 7.84. The van der Waals surface area contributed by atoms with Crippen LogP contribution in [0.3, 0.4) is 0 Å². The largest absolute Gasteiger partial charge is 0.417 e. The minimum atomic E-state index is -0.523. The van der Waals surface area contributed by atoms with E-state index in [0.29, 0.717) is 28.3 Å². The van der Waals surface area contributed by atoms with Gasteiger partial charge in [0.15, 0.2) is 5.58 Å². The van der Waals surface area contributed by atoms with Crippen LogP contribution in [0.1, 0.15) is 5.56 Å². The molecule has 2 aromatic heterocycles. The Labute approximate surface area is 146 Å². The summed E-state index contributed by atoms with van der Waals surface area (Å²) in [6, 6.07) is 14.6. The highest BCUT2D eigenvalue weighted by atomic mass is 19.2. The number of H-pyrrole nitrogens is 1. The predicted molar refractivity (Wildman–Crippen MR) is 97.1 cm³/mol. The molecule has 4 rings (SSSR count). The molecule has 130 valence electrons. The Hall–Kier alpha value is -3.68. The van der Waals surface area contributed by atoms with Crippen molar-refractivity contribution in [3.63, 3.8) is 0 Å². The van der Waals surface area contributed by atoms with Crippen LogP contribution in [0.25, 0.3) is 22.4 Å². The number of aromatic nitrogens is 3. The third kappa shape index (κ3) is 2.88. The zero-order valence-corrected chi connectivity index (χ0v) is 13.7. The van der Waals surface area contributed by atoms with E-state index in [-0.39, 0.29) is 5.95 Å². The first kappa shape index (κ1) is 15.8. The average Bonchev–Trinajstić information content (AvgIpc) is 3.03. The van der Waals surface area contributed by atoms with Gasteiger partial charge in [-0.25, -0.2) is 9.78 Å². The molecule has 0 saturated heterocycles. The van der Waals surface area contributed by atoms with Gasteiger partial charge in [-0.2, -0.15) is 10.5 Å². The summed E-state index contributed by atoms with van der Waals surface area (Å²) < 4.78 is 18.0. The summed E-state index contributed by atoms with van der Waals surface area (Å²) >= 11 is 0. The van der Waals surface area contributed by atoms with E-state index in [4.69, 9.17) is 4.42 Å². The Morgan fingerprint density at radius 2 is 1.92 bits per heavy atom. The van der Waals surface area contributed by atoms with Gasteiger partial charge in [0.25, 0.3) is 5.95 Å². The third-order valence-electron chi connectivity index (χ3n) is 3.96. The molecule has 0 radical (unpaired) electrons. The molecular formula is C18H14FN5O2. The number of oxazole rings is 1. The molecule has 2 heterocycles. The lowest BCUT2D eigenvalue weighted by atomic mass is 10.1. The second kappa shape index (κ2) is 6.32. The van der Waals surface area contributed by atoms with Crippen LogP contribution in [0, 0.1) is 6.92 Å². The van der Waals surface area contributed by atoms with Crippen molar-refractivity contribution in [2.24, 2.45) is 0 Å². The van der Waals surface area contributed by atoms with Crippen molar-refractivity contribution in [1.82, 2.24) is 15.0 Å². The van der Waals surface area contributed by atoms with Crippen molar-refractivity contribution in [2.45, 2.75) is 6.92 Å². The molecule has 0 saturated carbocycles. The summed E-state index contributed by atoms with van der Waals surface area (Å²) in [6.07, 6.45) is 0. The third-order valence-corrected chi connectivity index (χ3v) is 3.96. The summed E-state index contributed by atoms with van der Waals surface area (Å²) in [5, 5.41) is 3.14. The molecule has 0 aliphatic heterocycles. The molecule has 0 aliphatic carbocycles. The maximum atomic E-state index is 13.0. The van der Waals surface area contributed by atoms with E-state index in [0.717, 1.165) is 11.1 Å². The van der Waals surface area contributed by atoms with Gasteiger partial charge in [0.1, 0.15) is 5.82 Å². The molecule has 3 N–H and O–H groups in total. The van der Waals surface area contributed by atoms with Crippen molar-refractivity contribution in [2.75, 3.05) is 10.9 Å². The zero-order chi connectivity index (χ0) is 18.1. The molecule has 4 aromatic rings. The highest BCUT2D eigenvalue weighted by Gasteiger charge is 2.13. The van der Waals surface area contributed by atoms with Gasteiger partial charge >= 0.3 is 5.76 Å². The van der Waals surface area contributed by atoms with Crippen LogP contribution in [-0.4, -0.2) is 15.0 Å². The van der Waals surface area contributed by atoms with Crippen LogP contribution in [0.4, 0.5) is 21.9 Å². The molecule has 0 fully saturated rings. The fourth-order valence-electron chi connectivity index (χ4n) is 2.72. The lowest BCUT2D eigenvalue weighted by Crippen LogP contribution is -2.04. The van der Waals surface area contributed by atoms with Gasteiger partial charge in [0.05, 0.1) is 11.2 Å². The molecule has 0 amide bonds. The Morgan fingerprint density at radius 1 is 1.12 bits per heavy atom. The van der Waals surface area contributed by atoms with Crippen LogP contribution < -0.4 is 16.6 Å². The fraction of sp³-hybridized carbons (Fsp3) is 0.0556. The molecule has 8 heteroatoms. The van der Waals surface area contributed by atoms with Gasteiger partial charge in [-0.05, 0) is 25.1 Å². The minimum absolute atomic E-state index is 0.144. The number of aromatic amines is 1. The number of nitrogens with zero attached hydrogens (tertiary/aromatic N) is 2. The van der Waals surface area contributed by atoms with Crippen LogP contribution >= 0.6 is 0 Å². The monoisotopic (exact) mass is 351 g/mol. The first-order valence-corrected chi connectivity index (χ1v) is 7.84. The topological polar surface area (TPSA) is 95.8 Å². The Kier molecular flexibility index (Phi) is 3.85. The van der Waals surface area contributed by atoms with E-state index < -0.39 is 5.76 Å². The number of hydrogen-bond donors (Lipinski definition) is 3. The van der Waals surface area contributed by atoms with Crippen molar-refractivity contribution < 1.29 is 8.90 Å². The smallest absolute Gasteiger partial charge is 0.408 e. The quantitative estimate of drug-likeness (QED) is 0.482. The number of nitrogens with one attached hydrogen (secondary N) is 3. The Bertz CT molecular complexity index is 1140. The Morgan fingerprint density at radius 3 is 2.69 bits per heavy atom. The van der Waals surface area contributed by atoms with Gasteiger partial charge in [-0.15, -0.1) is 4.48 Å². The van der Waals surface area contributed by atoms with Gasteiger partial charge in [0, 0.05) is 16.8 Å². The summed E-state index contributed by atoms with van der Waals surface area (Å²) in [7, 11) is 0. The molecule has 0 aliphatic rings. The molecule has 7 nitrogen and oxygen atoms in total. The number of anilines is 3. The fourth-order valence-corrected chi connectivity index (χ4v) is 2.72. The molecule has 0 atom stereocenters. The molecule has 0 spiro atoms. The maximum absolute atomic E-state index is 13.0. The van der Waals surface area contributed by atoms with Crippen LogP contribution in [-0.2, 0) is 0 Å². The number of halogens is 1. The number of hydrogen-bond acceptors (Lipinski definition) is 6. The summed E-state index contributed by atoms with van der Waals surface area (Å²) in [5.74, 6) is -0.218. The van der Waals surface area contributed by atoms with Crippen molar-refractivity contribution in [3.8, 4) is 11.3 Å². The molecule has 0 unspecified atom stereocenters. The first-order chi connectivity index (χ1) is 12.6. The maximum Gasteiger partial charge on any atom is 0.417 e. The van der Waals surface area contributed by atoms with E-state index in [1.54, 1.807) is 18.2 Å². The minimum Gasteiger partial charge on any atom is -0.408 e. The lowest BCUT2D eigenvalue weighted by Gasteiger charge is -2.13. The van der Waals surface area contributed by atoms with Crippen molar-refractivity contribution in [3.05, 3.63) is 64.6 Å². The van der Waals surface area contributed by atoms with Crippen LogP contribution in [0.2, 0.25) is 0 Å². The standard InChI is InChI=1S/C18H14FN5O2/c1-10-15(11-5-3-2-4-6-11)22-17(24-19)23-16(10)20-12-7-8-14-13(9-12)21-18(25)26-14/h2-9H,1H3,(H,21,25)(H2,20,22,23,24). The van der Waals surface area contributed by atoms with Crippen LogP contribution in [0.15, 0.2) is 57.7 Å². The predicted octanol–water partition coefficient (Wildman–Crippen LogP) is 3.93. The van der Waals surface area contributed by atoms with Crippen molar-refractivity contribution in [1.29, 1.82) is 0 Å². The molecule has 26 heavy (non-hydrogen) atoms. The molecule has 0 bridgehead atoms. The lowest BCUT2D eigenvalue weighted by molar-refractivity contribution is 0.555. The second-order valence-electron chi connectivity index (χ2n) is 5.68. The highest BCUT2D eigenvalue weighted by molar-refractivity contribution is 5.79. The molecular weight excluding hydrogens is 337 g/mol. The Balaban J connectivity index is 1.78. The van der Waals surface area contributed by atoms with Gasteiger partial charge in [0.2, 0.25) is 0 Å². The van der Waals surface area contributed by atoms with Crippen LogP contribution in [0.5, 0.6) is 0 Å². The normalized spacial score (nSPS) is 10.8. The van der Waals surface area contributed by atoms with E-state index in [2.05, 4.69) is 20.3 Å². The molecule has 2 aromatic carbocycles. The van der Waals surface area contributed by atoms with E-state index in [9.17, 15) is 9.28 Å². The van der Waals surface area contributed by atoms with Crippen molar-refractivity contribution >= 4 is 28.6 Å². The number of benzene rings is 2. The summed E-state index contributed by atoms with van der Waals surface area (Å²) in [5.41, 5.74) is 5.40. The van der Waals surface area contributed by atoms with Gasteiger partial charge < -0.3 is 9.73 Å². The summed E-state index contributed by atoms with van der Waals surface area (Å²) in [4.78, 5) is 22.2. The summed E-state index contributed by atoms with van der Waals surface area (Å²) in [6.45, 7) is 1.85. The van der Waals surface area contributed by atoms with Gasteiger partial charge in [-0.1, -0.05) is 30.3 Å². The SMILES string of the molecule is Cc1c(Nc2ccc3oc(=O)[nH]c3c2)nc(NF)nc1-c1ccccc1. The highest BCUT2D eigenvalue weighted by Crippen LogP contribution is 2.29. The number of fused-ring (bicyclic) bond motifs is 1.